The molecule has 0 aliphatic carbocycles. The maximum atomic E-state index is 13.0. The number of hydrogen-bond donors (Lipinski definition) is 1. The molecule has 4 nitrogen and oxygen atoms in total. The zero-order valence-electron chi connectivity index (χ0n) is 13.5. The molecule has 0 spiro atoms. The van der Waals surface area contributed by atoms with Gasteiger partial charge in [-0.05, 0) is 50.6 Å². The quantitative estimate of drug-likeness (QED) is 0.838. The van der Waals surface area contributed by atoms with Crippen LogP contribution in [0.3, 0.4) is 0 Å². The van der Waals surface area contributed by atoms with Gasteiger partial charge in [0.2, 0.25) is 0 Å². The van der Waals surface area contributed by atoms with E-state index in [1.807, 2.05) is 19.1 Å². The van der Waals surface area contributed by atoms with Gasteiger partial charge in [0, 0.05) is 0 Å². The topological polar surface area (TPSA) is 55.4 Å². The van der Waals surface area contributed by atoms with Gasteiger partial charge in [-0.2, -0.15) is 0 Å². The summed E-state index contributed by atoms with van der Waals surface area (Å²) in [5.74, 6) is -1.64. The molecule has 1 atom stereocenters. The van der Waals surface area contributed by atoms with Gasteiger partial charge in [-0.3, -0.25) is 4.79 Å². The van der Waals surface area contributed by atoms with Crippen molar-refractivity contribution in [3.63, 3.8) is 0 Å². The summed E-state index contributed by atoms with van der Waals surface area (Å²) < 4.78 is 18.2. The standard InChI is InChI=1S/C18H17ClFNO3/c1-10-4-5-11(2)14(8-10)18(23)24-12(3)17(22)21-16-7-6-13(20)9-15(16)19/h4-9,12H,1-3H3,(H,21,22). The van der Waals surface area contributed by atoms with Gasteiger partial charge < -0.3 is 10.1 Å². The molecule has 0 bridgehead atoms. The lowest BCUT2D eigenvalue weighted by Crippen LogP contribution is -2.30. The lowest BCUT2D eigenvalue weighted by atomic mass is 10.1. The van der Waals surface area contributed by atoms with Gasteiger partial charge in [0.15, 0.2) is 6.10 Å². The van der Waals surface area contributed by atoms with E-state index < -0.39 is 23.8 Å². The fourth-order valence-electron chi connectivity index (χ4n) is 2.06. The molecule has 1 N–H and O–H groups in total. The molecular formula is C18H17ClFNO3. The van der Waals surface area contributed by atoms with Crippen LogP contribution in [-0.2, 0) is 9.53 Å². The molecule has 0 saturated carbocycles. The number of halogens is 2. The van der Waals surface area contributed by atoms with Crippen molar-refractivity contribution < 1.29 is 18.7 Å². The summed E-state index contributed by atoms with van der Waals surface area (Å²) in [4.78, 5) is 24.3. The van der Waals surface area contributed by atoms with Crippen LogP contribution in [0.2, 0.25) is 5.02 Å². The third kappa shape index (κ3) is 4.32. The molecule has 1 unspecified atom stereocenters. The number of anilines is 1. The fraction of sp³-hybridized carbons (Fsp3) is 0.222. The van der Waals surface area contributed by atoms with Crippen LogP contribution in [-0.4, -0.2) is 18.0 Å². The van der Waals surface area contributed by atoms with E-state index in [1.165, 1.54) is 19.1 Å². The maximum absolute atomic E-state index is 13.0. The van der Waals surface area contributed by atoms with Gasteiger partial charge in [-0.1, -0.05) is 29.3 Å². The van der Waals surface area contributed by atoms with Crippen molar-refractivity contribution in [2.75, 3.05) is 5.32 Å². The Hall–Kier alpha value is -2.40. The Kier molecular flexibility index (Phi) is 5.57. The number of aryl methyl sites for hydroxylation is 2. The number of ether oxygens (including phenoxy) is 1. The molecule has 0 heterocycles. The van der Waals surface area contributed by atoms with Crippen LogP contribution in [0.4, 0.5) is 10.1 Å². The molecule has 0 fully saturated rings. The first-order valence-corrected chi connectivity index (χ1v) is 7.70. The molecule has 0 aliphatic rings. The van der Waals surface area contributed by atoms with Crippen LogP contribution >= 0.6 is 11.6 Å². The van der Waals surface area contributed by atoms with Crippen molar-refractivity contribution in [1.82, 2.24) is 0 Å². The van der Waals surface area contributed by atoms with Crippen molar-refractivity contribution in [2.24, 2.45) is 0 Å². The molecule has 2 rings (SSSR count). The number of nitrogens with one attached hydrogen (secondary N) is 1. The SMILES string of the molecule is Cc1ccc(C)c(C(=O)OC(C)C(=O)Nc2ccc(F)cc2Cl)c1. The van der Waals surface area contributed by atoms with Gasteiger partial charge in [0.1, 0.15) is 5.82 Å². The molecule has 2 aromatic carbocycles. The molecular weight excluding hydrogens is 333 g/mol. The number of hydrogen-bond acceptors (Lipinski definition) is 3. The highest BCUT2D eigenvalue weighted by molar-refractivity contribution is 6.33. The molecule has 6 heteroatoms. The van der Waals surface area contributed by atoms with Crippen molar-refractivity contribution in [3.8, 4) is 0 Å². The molecule has 126 valence electrons. The van der Waals surface area contributed by atoms with Crippen molar-refractivity contribution in [3.05, 3.63) is 63.9 Å². The average molecular weight is 350 g/mol. The zero-order chi connectivity index (χ0) is 17.9. The second-order valence-electron chi connectivity index (χ2n) is 5.48. The number of amides is 1. The Morgan fingerprint density at radius 2 is 1.88 bits per heavy atom. The second-order valence-corrected chi connectivity index (χ2v) is 5.89. The summed E-state index contributed by atoms with van der Waals surface area (Å²) in [7, 11) is 0. The second kappa shape index (κ2) is 7.45. The van der Waals surface area contributed by atoms with E-state index in [2.05, 4.69) is 5.32 Å². The van der Waals surface area contributed by atoms with Crippen molar-refractivity contribution >= 4 is 29.2 Å². The van der Waals surface area contributed by atoms with Crippen LogP contribution in [0.5, 0.6) is 0 Å². The molecule has 0 saturated heterocycles. The minimum Gasteiger partial charge on any atom is -0.449 e. The fourth-order valence-corrected chi connectivity index (χ4v) is 2.27. The normalized spacial score (nSPS) is 11.7. The number of esters is 1. The molecule has 0 radical (unpaired) electrons. The Morgan fingerprint density at radius 1 is 1.17 bits per heavy atom. The summed E-state index contributed by atoms with van der Waals surface area (Å²) in [5.41, 5.74) is 2.34. The lowest BCUT2D eigenvalue weighted by molar-refractivity contribution is -0.123. The highest BCUT2D eigenvalue weighted by atomic mass is 35.5. The maximum Gasteiger partial charge on any atom is 0.339 e. The number of carbonyl (C=O) groups is 2. The van der Waals surface area contributed by atoms with E-state index in [1.54, 1.807) is 13.0 Å². The minimum absolute atomic E-state index is 0.0661. The Labute approximate surface area is 144 Å². The van der Waals surface area contributed by atoms with E-state index in [0.717, 1.165) is 17.2 Å². The Balaban J connectivity index is 2.05. The van der Waals surface area contributed by atoms with Gasteiger partial charge in [0.05, 0.1) is 16.3 Å². The van der Waals surface area contributed by atoms with Gasteiger partial charge >= 0.3 is 5.97 Å². The summed E-state index contributed by atoms with van der Waals surface area (Å²) in [6.07, 6.45) is -1.03. The van der Waals surface area contributed by atoms with E-state index in [-0.39, 0.29) is 10.7 Å². The predicted molar refractivity (Wildman–Crippen MR) is 90.8 cm³/mol. The Bertz CT molecular complexity index is 792. The van der Waals surface area contributed by atoms with E-state index in [0.29, 0.717) is 5.56 Å². The summed E-state index contributed by atoms with van der Waals surface area (Å²) >= 11 is 5.86. The number of rotatable bonds is 4. The monoisotopic (exact) mass is 349 g/mol. The highest BCUT2D eigenvalue weighted by Crippen LogP contribution is 2.23. The first-order chi connectivity index (χ1) is 11.3. The smallest absolute Gasteiger partial charge is 0.339 e. The molecule has 0 aromatic heterocycles. The lowest BCUT2D eigenvalue weighted by Gasteiger charge is -2.15. The molecule has 0 aliphatic heterocycles. The predicted octanol–water partition coefficient (Wildman–Crippen LogP) is 4.28. The first-order valence-electron chi connectivity index (χ1n) is 7.32. The molecule has 1 amide bonds. The summed E-state index contributed by atoms with van der Waals surface area (Å²) in [6, 6.07) is 9.01. The van der Waals surface area contributed by atoms with E-state index in [9.17, 15) is 14.0 Å². The third-order valence-electron chi connectivity index (χ3n) is 3.46. The largest absolute Gasteiger partial charge is 0.449 e. The van der Waals surface area contributed by atoms with E-state index in [4.69, 9.17) is 16.3 Å². The number of carbonyl (C=O) groups excluding carboxylic acids is 2. The van der Waals surface area contributed by atoms with Crippen LogP contribution in [0.25, 0.3) is 0 Å². The van der Waals surface area contributed by atoms with Crippen LogP contribution < -0.4 is 5.32 Å². The summed E-state index contributed by atoms with van der Waals surface area (Å²) in [5, 5.41) is 2.57. The van der Waals surface area contributed by atoms with Gasteiger partial charge in [0.25, 0.3) is 5.91 Å². The highest BCUT2D eigenvalue weighted by Gasteiger charge is 2.21. The van der Waals surface area contributed by atoms with Gasteiger partial charge in [-0.15, -0.1) is 0 Å². The van der Waals surface area contributed by atoms with Crippen LogP contribution in [0, 0.1) is 19.7 Å². The van der Waals surface area contributed by atoms with Crippen LogP contribution in [0.1, 0.15) is 28.4 Å². The minimum atomic E-state index is -1.03. The zero-order valence-corrected chi connectivity index (χ0v) is 14.3. The third-order valence-corrected chi connectivity index (χ3v) is 3.77. The number of benzene rings is 2. The van der Waals surface area contributed by atoms with Crippen molar-refractivity contribution in [2.45, 2.75) is 26.9 Å². The van der Waals surface area contributed by atoms with E-state index >= 15 is 0 Å². The Morgan fingerprint density at radius 3 is 2.54 bits per heavy atom. The average Bonchev–Trinajstić information content (AvgIpc) is 2.52. The van der Waals surface area contributed by atoms with Crippen molar-refractivity contribution in [1.29, 1.82) is 0 Å². The summed E-state index contributed by atoms with van der Waals surface area (Å²) in [6.45, 7) is 5.11. The molecule has 2 aromatic rings. The molecule has 24 heavy (non-hydrogen) atoms. The van der Waals surface area contributed by atoms with Gasteiger partial charge in [-0.25, -0.2) is 9.18 Å². The first kappa shape index (κ1) is 17.9. The van der Waals surface area contributed by atoms with Crippen LogP contribution in [0.15, 0.2) is 36.4 Å².